The van der Waals surface area contributed by atoms with Gasteiger partial charge in [0, 0.05) is 11.8 Å². The Morgan fingerprint density at radius 1 is 0.733 bits per heavy atom. The maximum absolute atomic E-state index is 12.9. The predicted octanol–water partition coefficient (Wildman–Crippen LogP) is 5.78. The Morgan fingerprint density at radius 2 is 1.37 bits per heavy atom. The van der Waals surface area contributed by atoms with Gasteiger partial charge in [-0.15, -0.1) is 0 Å². The number of fused-ring (bicyclic) bond motifs is 1. The van der Waals surface area contributed by atoms with Gasteiger partial charge in [0.1, 0.15) is 0 Å². The van der Waals surface area contributed by atoms with E-state index in [1.165, 1.54) is 0 Å². The highest BCUT2D eigenvalue weighted by atomic mass is 32.2. The molecule has 2 aliphatic rings. The van der Waals surface area contributed by atoms with Gasteiger partial charge in [-0.2, -0.15) is 0 Å². The van der Waals surface area contributed by atoms with Crippen molar-refractivity contribution in [3.63, 3.8) is 0 Å². The molecule has 0 atom stereocenters. The van der Waals surface area contributed by atoms with Crippen molar-refractivity contribution in [3.05, 3.63) is 119 Å². The molecule has 0 bridgehead atoms. The molecule has 0 fully saturated rings. The van der Waals surface area contributed by atoms with Gasteiger partial charge in [0.15, 0.2) is 0 Å². The Bertz CT molecular complexity index is 1270. The average Bonchev–Trinajstić information content (AvgIpc) is 2.97. The van der Waals surface area contributed by atoms with Gasteiger partial charge in [-0.3, -0.25) is 4.72 Å². The van der Waals surface area contributed by atoms with Crippen LogP contribution in [0.15, 0.2) is 102 Å². The van der Waals surface area contributed by atoms with Crippen molar-refractivity contribution in [1.82, 2.24) is 4.72 Å². The van der Waals surface area contributed by atoms with Crippen LogP contribution in [0.1, 0.15) is 22.3 Å². The molecule has 0 amide bonds. The van der Waals surface area contributed by atoms with Crippen LogP contribution < -0.4 is 4.72 Å². The molecule has 2 aromatic rings. The zero-order valence-corrected chi connectivity index (χ0v) is 17.8. The molecular weight excluding hydrogens is 390 g/mol. The topological polar surface area (TPSA) is 46.2 Å². The van der Waals surface area contributed by atoms with Gasteiger partial charge in [0.25, 0.3) is 10.0 Å². The summed E-state index contributed by atoms with van der Waals surface area (Å²) in [6.45, 7) is 3.96. The third kappa shape index (κ3) is 4.14. The maximum Gasteiger partial charge on any atom is 0.261 e. The van der Waals surface area contributed by atoms with E-state index in [4.69, 9.17) is 0 Å². The van der Waals surface area contributed by atoms with Crippen LogP contribution in [0.5, 0.6) is 0 Å². The van der Waals surface area contributed by atoms with Gasteiger partial charge >= 0.3 is 0 Å². The standard InChI is InChI=1S/C26H23NO2S/c1-19-8-12-22(13-9-19)26(25-17-14-21-6-4-3-5-7-24(21)25)18-27-30(28,29)23-15-10-20(2)11-16-23/h3-18,27H,1-2H3. The fourth-order valence-corrected chi connectivity index (χ4v) is 4.32. The van der Waals surface area contributed by atoms with Crippen molar-refractivity contribution in [2.45, 2.75) is 18.7 Å². The monoisotopic (exact) mass is 413 g/mol. The summed E-state index contributed by atoms with van der Waals surface area (Å²) < 4.78 is 28.4. The summed E-state index contributed by atoms with van der Waals surface area (Å²) in [7, 11) is -3.67. The third-order valence-electron chi connectivity index (χ3n) is 5.13. The number of nitrogens with one attached hydrogen (secondary N) is 1. The van der Waals surface area contributed by atoms with Crippen molar-refractivity contribution in [1.29, 1.82) is 0 Å². The lowest BCUT2D eigenvalue weighted by Crippen LogP contribution is -2.18. The number of rotatable bonds is 5. The number of aryl methyl sites for hydroxylation is 2. The van der Waals surface area contributed by atoms with E-state index >= 15 is 0 Å². The van der Waals surface area contributed by atoms with E-state index in [9.17, 15) is 8.42 Å². The molecule has 3 nitrogen and oxygen atoms in total. The number of benzene rings is 2. The van der Waals surface area contributed by atoms with E-state index in [0.717, 1.165) is 39.0 Å². The van der Waals surface area contributed by atoms with Gasteiger partial charge in [-0.1, -0.05) is 90.0 Å². The molecule has 2 aromatic carbocycles. The zero-order valence-electron chi connectivity index (χ0n) is 17.0. The third-order valence-corrected chi connectivity index (χ3v) is 6.45. The predicted molar refractivity (Wildman–Crippen MR) is 123 cm³/mol. The molecule has 4 rings (SSSR count). The highest BCUT2D eigenvalue weighted by molar-refractivity contribution is 7.89. The Balaban J connectivity index is 1.80. The van der Waals surface area contributed by atoms with Crippen LogP contribution >= 0.6 is 0 Å². The van der Waals surface area contributed by atoms with Gasteiger partial charge < -0.3 is 0 Å². The quantitative estimate of drug-likeness (QED) is 0.451. The second-order valence-corrected chi connectivity index (χ2v) is 9.10. The number of hydrogen-bond donors (Lipinski definition) is 1. The van der Waals surface area contributed by atoms with E-state index in [-0.39, 0.29) is 4.90 Å². The Labute approximate surface area is 178 Å². The van der Waals surface area contributed by atoms with Crippen LogP contribution in [0, 0.1) is 13.8 Å². The summed E-state index contributed by atoms with van der Waals surface area (Å²) in [5, 5.41) is 0. The minimum absolute atomic E-state index is 0.242. The highest BCUT2D eigenvalue weighted by Crippen LogP contribution is 2.35. The lowest BCUT2D eigenvalue weighted by Gasteiger charge is -2.12. The summed E-state index contributed by atoms with van der Waals surface area (Å²) in [6, 6.07) is 29.1. The number of hydrogen-bond acceptors (Lipinski definition) is 2. The molecule has 150 valence electrons. The molecule has 0 spiro atoms. The largest absolute Gasteiger partial charge is 0.286 e. The first-order chi connectivity index (χ1) is 14.4. The summed E-state index contributed by atoms with van der Waals surface area (Å²) >= 11 is 0. The lowest BCUT2D eigenvalue weighted by molar-refractivity contribution is 0.590. The van der Waals surface area contributed by atoms with Gasteiger partial charge in [-0.05, 0) is 48.2 Å². The van der Waals surface area contributed by atoms with Crippen LogP contribution in [0.25, 0.3) is 16.7 Å². The smallest absolute Gasteiger partial charge is 0.261 e. The SMILES string of the molecule is Cc1ccc(C(=CNS(=O)(=O)c2ccc(C)cc2)c2ccc3cccccc2-3)cc1. The Hall–Kier alpha value is -3.37. The van der Waals surface area contributed by atoms with Gasteiger partial charge in [0.2, 0.25) is 0 Å². The van der Waals surface area contributed by atoms with E-state index in [1.807, 2.05) is 62.4 Å². The molecule has 0 saturated carbocycles. The fourth-order valence-electron chi connectivity index (χ4n) is 3.42. The molecule has 0 aromatic heterocycles. The minimum Gasteiger partial charge on any atom is -0.286 e. The van der Waals surface area contributed by atoms with E-state index in [0.29, 0.717) is 0 Å². The zero-order chi connectivity index (χ0) is 21.1. The van der Waals surface area contributed by atoms with E-state index < -0.39 is 10.0 Å². The summed E-state index contributed by atoms with van der Waals surface area (Å²) in [6.07, 6.45) is 1.60. The molecule has 0 aliphatic heterocycles. The van der Waals surface area contributed by atoms with Crippen molar-refractivity contribution in [3.8, 4) is 11.1 Å². The van der Waals surface area contributed by atoms with Crippen molar-refractivity contribution >= 4 is 15.6 Å². The molecular formula is C26H23NO2S. The molecule has 0 heterocycles. The second-order valence-electron chi connectivity index (χ2n) is 7.39. The Morgan fingerprint density at radius 3 is 2.07 bits per heavy atom. The van der Waals surface area contributed by atoms with Crippen LogP contribution in [-0.2, 0) is 10.0 Å². The normalized spacial score (nSPS) is 12.1. The minimum atomic E-state index is -3.67. The molecule has 1 N–H and O–H groups in total. The summed E-state index contributed by atoms with van der Waals surface area (Å²) in [5.74, 6) is 0. The van der Waals surface area contributed by atoms with E-state index in [2.05, 4.69) is 22.9 Å². The van der Waals surface area contributed by atoms with Crippen molar-refractivity contribution in [2.75, 3.05) is 0 Å². The molecule has 0 unspecified atom stereocenters. The first-order valence-corrected chi connectivity index (χ1v) is 11.3. The second kappa shape index (κ2) is 8.17. The summed E-state index contributed by atoms with van der Waals surface area (Å²) in [5.41, 5.74) is 7.10. The van der Waals surface area contributed by atoms with Gasteiger partial charge in [-0.25, -0.2) is 8.42 Å². The van der Waals surface area contributed by atoms with Crippen LogP contribution in [0.4, 0.5) is 0 Å². The molecule has 4 heteroatoms. The molecule has 30 heavy (non-hydrogen) atoms. The van der Waals surface area contributed by atoms with Gasteiger partial charge in [0.05, 0.1) is 4.90 Å². The number of sulfonamides is 1. The fraction of sp³-hybridized carbons (Fsp3) is 0.0769. The van der Waals surface area contributed by atoms with Crippen LogP contribution in [0.2, 0.25) is 0 Å². The maximum atomic E-state index is 12.9. The first kappa shape index (κ1) is 19.9. The van der Waals surface area contributed by atoms with Crippen LogP contribution in [-0.4, -0.2) is 8.42 Å². The molecule has 2 aliphatic carbocycles. The van der Waals surface area contributed by atoms with E-state index in [1.54, 1.807) is 30.5 Å². The van der Waals surface area contributed by atoms with Crippen LogP contribution in [0.3, 0.4) is 0 Å². The van der Waals surface area contributed by atoms with Crippen molar-refractivity contribution < 1.29 is 8.42 Å². The lowest BCUT2D eigenvalue weighted by atomic mass is 9.96. The molecule has 0 radical (unpaired) electrons. The average molecular weight is 414 g/mol. The first-order valence-electron chi connectivity index (χ1n) is 9.78. The van der Waals surface area contributed by atoms with Crippen molar-refractivity contribution in [2.24, 2.45) is 0 Å². The Kier molecular flexibility index (Phi) is 5.42. The summed E-state index contributed by atoms with van der Waals surface area (Å²) in [4.78, 5) is 0.242. The molecule has 0 saturated heterocycles. The highest BCUT2D eigenvalue weighted by Gasteiger charge is 2.16.